The lowest BCUT2D eigenvalue weighted by atomic mass is 9.91. The Bertz CT molecular complexity index is 1010. The molecule has 2 aliphatic heterocycles. The molecule has 1 atom stereocenters. The third-order valence-corrected chi connectivity index (χ3v) is 6.34. The highest BCUT2D eigenvalue weighted by molar-refractivity contribution is 7.10. The number of amides is 4. The summed E-state index contributed by atoms with van der Waals surface area (Å²) in [6.07, 6.45) is 0.793. The normalized spacial score (nSPS) is 21.3. The zero-order valence-corrected chi connectivity index (χ0v) is 16.1. The molecule has 142 valence electrons. The van der Waals surface area contributed by atoms with Crippen molar-refractivity contribution in [1.82, 2.24) is 15.1 Å². The van der Waals surface area contributed by atoms with Crippen LogP contribution in [0.2, 0.25) is 0 Å². The number of carbonyl (C=O) groups is 3. The van der Waals surface area contributed by atoms with Crippen molar-refractivity contribution in [2.75, 3.05) is 13.1 Å². The zero-order chi connectivity index (χ0) is 19.9. The van der Waals surface area contributed by atoms with Gasteiger partial charge in [-0.2, -0.15) is 5.26 Å². The highest BCUT2D eigenvalue weighted by Gasteiger charge is 2.49. The molecule has 1 saturated heterocycles. The number of benzene rings is 1. The van der Waals surface area contributed by atoms with Crippen molar-refractivity contribution in [3.63, 3.8) is 0 Å². The lowest BCUT2D eigenvalue weighted by molar-refractivity contribution is -0.139. The molecule has 7 nitrogen and oxygen atoms in total. The molecule has 3 heterocycles. The Morgan fingerprint density at radius 2 is 2.04 bits per heavy atom. The summed E-state index contributed by atoms with van der Waals surface area (Å²) < 4.78 is 0. The minimum absolute atomic E-state index is 0.246. The molecule has 0 bridgehead atoms. The summed E-state index contributed by atoms with van der Waals surface area (Å²) in [4.78, 5) is 42.1. The van der Waals surface area contributed by atoms with Gasteiger partial charge in [-0.25, -0.2) is 4.79 Å². The zero-order valence-electron chi connectivity index (χ0n) is 15.3. The number of urea groups is 1. The van der Waals surface area contributed by atoms with Crippen LogP contribution < -0.4 is 5.32 Å². The van der Waals surface area contributed by atoms with Crippen molar-refractivity contribution >= 4 is 29.2 Å². The maximum Gasteiger partial charge on any atom is 0.325 e. The van der Waals surface area contributed by atoms with Crippen LogP contribution in [0.25, 0.3) is 0 Å². The van der Waals surface area contributed by atoms with Crippen LogP contribution in [0.1, 0.15) is 28.5 Å². The van der Waals surface area contributed by atoms with Crippen LogP contribution in [-0.2, 0) is 28.1 Å². The SMILES string of the molecule is C[C@]1(c2ccc(C#N)cc2)NC(=O)N(CC(=O)N2CCc3sccc3C2)C1=O. The number of fused-ring (bicyclic) bond motifs is 1. The van der Waals surface area contributed by atoms with Gasteiger partial charge in [0.2, 0.25) is 5.91 Å². The van der Waals surface area contributed by atoms with E-state index in [1.807, 2.05) is 17.5 Å². The molecule has 0 radical (unpaired) electrons. The smallest absolute Gasteiger partial charge is 0.325 e. The van der Waals surface area contributed by atoms with E-state index in [4.69, 9.17) is 5.26 Å². The van der Waals surface area contributed by atoms with Crippen molar-refractivity contribution in [2.24, 2.45) is 0 Å². The first-order chi connectivity index (χ1) is 13.4. The lowest BCUT2D eigenvalue weighted by Crippen LogP contribution is -2.45. The predicted octanol–water partition coefficient (Wildman–Crippen LogP) is 1.97. The maximum atomic E-state index is 13.0. The third-order valence-electron chi connectivity index (χ3n) is 5.32. The summed E-state index contributed by atoms with van der Waals surface area (Å²) in [5, 5.41) is 13.6. The van der Waals surface area contributed by atoms with E-state index in [1.165, 1.54) is 4.88 Å². The molecule has 0 spiro atoms. The summed E-state index contributed by atoms with van der Waals surface area (Å²) in [7, 11) is 0. The van der Waals surface area contributed by atoms with Crippen LogP contribution in [-0.4, -0.2) is 40.7 Å². The molecular formula is C20H18N4O3S. The van der Waals surface area contributed by atoms with Gasteiger partial charge in [0, 0.05) is 18.0 Å². The molecule has 28 heavy (non-hydrogen) atoms. The molecule has 1 fully saturated rings. The van der Waals surface area contributed by atoms with E-state index in [-0.39, 0.29) is 12.5 Å². The summed E-state index contributed by atoms with van der Waals surface area (Å²) in [5.74, 6) is -0.715. The summed E-state index contributed by atoms with van der Waals surface area (Å²) in [6.45, 7) is 2.42. The number of carbonyl (C=O) groups excluding carboxylic acids is 3. The van der Waals surface area contributed by atoms with Crippen LogP contribution in [0.5, 0.6) is 0 Å². The van der Waals surface area contributed by atoms with Crippen molar-refractivity contribution in [3.8, 4) is 6.07 Å². The topological polar surface area (TPSA) is 93.5 Å². The minimum Gasteiger partial charge on any atom is -0.336 e. The van der Waals surface area contributed by atoms with E-state index < -0.39 is 17.5 Å². The Balaban J connectivity index is 1.49. The third kappa shape index (κ3) is 2.94. The molecule has 2 aromatic rings. The molecule has 4 rings (SSSR count). The summed E-state index contributed by atoms with van der Waals surface area (Å²) in [5.41, 5.74) is 0.910. The fourth-order valence-corrected chi connectivity index (χ4v) is 4.50. The Hall–Kier alpha value is -3.18. The first-order valence-corrected chi connectivity index (χ1v) is 9.78. The number of nitriles is 1. The predicted molar refractivity (Wildman–Crippen MR) is 102 cm³/mol. The van der Waals surface area contributed by atoms with Crippen LogP contribution in [0.15, 0.2) is 35.7 Å². The van der Waals surface area contributed by atoms with Gasteiger partial charge in [-0.05, 0) is 48.1 Å². The second kappa shape index (κ2) is 6.77. The molecule has 0 unspecified atom stereocenters. The number of rotatable bonds is 3. The molecule has 1 N–H and O–H groups in total. The van der Waals surface area contributed by atoms with Gasteiger partial charge in [-0.1, -0.05) is 12.1 Å². The van der Waals surface area contributed by atoms with E-state index in [0.29, 0.717) is 24.2 Å². The van der Waals surface area contributed by atoms with Crippen LogP contribution in [0, 0.1) is 11.3 Å². The van der Waals surface area contributed by atoms with Crippen molar-refractivity contribution in [2.45, 2.75) is 25.4 Å². The molecule has 0 aliphatic carbocycles. The van der Waals surface area contributed by atoms with E-state index in [2.05, 4.69) is 5.32 Å². The average Bonchev–Trinajstić information content (AvgIpc) is 3.26. The number of nitrogens with one attached hydrogen (secondary N) is 1. The van der Waals surface area contributed by atoms with E-state index in [1.54, 1.807) is 47.4 Å². The second-order valence-corrected chi connectivity index (χ2v) is 8.07. The van der Waals surface area contributed by atoms with Crippen molar-refractivity contribution in [3.05, 3.63) is 57.3 Å². The van der Waals surface area contributed by atoms with Crippen molar-refractivity contribution < 1.29 is 14.4 Å². The van der Waals surface area contributed by atoms with E-state index in [0.717, 1.165) is 16.9 Å². The van der Waals surface area contributed by atoms with E-state index >= 15 is 0 Å². The van der Waals surface area contributed by atoms with Crippen LogP contribution in [0.3, 0.4) is 0 Å². The van der Waals surface area contributed by atoms with Gasteiger partial charge >= 0.3 is 6.03 Å². The lowest BCUT2D eigenvalue weighted by Gasteiger charge is -2.28. The largest absolute Gasteiger partial charge is 0.336 e. The van der Waals surface area contributed by atoms with Gasteiger partial charge in [0.15, 0.2) is 0 Å². The minimum atomic E-state index is -1.26. The van der Waals surface area contributed by atoms with Crippen LogP contribution in [0.4, 0.5) is 4.79 Å². The quantitative estimate of drug-likeness (QED) is 0.806. The van der Waals surface area contributed by atoms with Gasteiger partial charge in [0.1, 0.15) is 12.1 Å². The molecule has 1 aromatic heterocycles. The Morgan fingerprint density at radius 3 is 2.75 bits per heavy atom. The van der Waals surface area contributed by atoms with Gasteiger partial charge < -0.3 is 10.2 Å². The van der Waals surface area contributed by atoms with Gasteiger partial charge in [-0.3, -0.25) is 14.5 Å². The standard InChI is InChI=1S/C20H18N4O3S/c1-20(15-4-2-13(10-21)3-5-15)18(26)24(19(27)22-20)12-17(25)23-8-6-16-14(11-23)7-9-28-16/h2-5,7,9H,6,8,11-12H2,1H3,(H,22,27)/t20-/m1/s1. The maximum absolute atomic E-state index is 13.0. The molecule has 4 amide bonds. The van der Waals surface area contributed by atoms with Gasteiger partial charge in [-0.15, -0.1) is 11.3 Å². The Morgan fingerprint density at radius 1 is 1.29 bits per heavy atom. The average molecular weight is 394 g/mol. The number of imide groups is 1. The number of hydrogen-bond acceptors (Lipinski definition) is 5. The van der Waals surface area contributed by atoms with Gasteiger partial charge in [0.25, 0.3) is 5.91 Å². The second-order valence-electron chi connectivity index (χ2n) is 7.07. The number of hydrogen-bond donors (Lipinski definition) is 1. The fourth-order valence-electron chi connectivity index (χ4n) is 3.61. The first kappa shape index (κ1) is 18.2. The van der Waals surface area contributed by atoms with Crippen LogP contribution >= 0.6 is 11.3 Å². The van der Waals surface area contributed by atoms with Crippen molar-refractivity contribution in [1.29, 1.82) is 5.26 Å². The summed E-state index contributed by atoms with van der Waals surface area (Å²) in [6, 6.07) is 9.93. The Labute approximate surface area is 166 Å². The molecule has 1 aromatic carbocycles. The summed E-state index contributed by atoms with van der Waals surface area (Å²) >= 11 is 1.69. The van der Waals surface area contributed by atoms with E-state index in [9.17, 15) is 14.4 Å². The fraction of sp³-hybridized carbons (Fsp3) is 0.300. The molecule has 0 saturated carbocycles. The van der Waals surface area contributed by atoms with Gasteiger partial charge in [0.05, 0.1) is 11.6 Å². The number of nitrogens with zero attached hydrogens (tertiary/aromatic N) is 3. The molecule has 2 aliphatic rings. The molecular weight excluding hydrogens is 376 g/mol. The monoisotopic (exact) mass is 394 g/mol. The first-order valence-electron chi connectivity index (χ1n) is 8.90. The highest BCUT2D eigenvalue weighted by Crippen LogP contribution is 2.29. The highest BCUT2D eigenvalue weighted by atomic mass is 32.1. The number of thiophene rings is 1. The molecule has 8 heteroatoms. The Kier molecular flexibility index (Phi) is 4.40.